The third-order valence-corrected chi connectivity index (χ3v) is 6.05. The number of benzene rings is 1. The molecule has 0 fully saturated rings. The molecule has 7 N–H and O–H groups in total. The molecule has 7 nitrogen and oxygen atoms in total. The van der Waals surface area contributed by atoms with Crippen LogP contribution in [0.4, 0.5) is 8.78 Å². The van der Waals surface area contributed by atoms with E-state index in [9.17, 15) is 23.5 Å². The molecule has 9 heteroatoms. The number of nitrogens with two attached hydrogens (primary N) is 2. The van der Waals surface area contributed by atoms with Crippen LogP contribution in [0.2, 0.25) is 0 Å². The van der Waals surface area contributed by atoms with Crippen LogP contribution in [0.1, 0.15) is 51.5 Å². The first kappa shape index (κ1) is 28.6. The Labute approximate surface area is 206 Å². The Kier molecular flexibility index (Phi) is 11.0. The molecule has 2 rings (SSSR count). The van der Waals surface area contributed by atoms with Gasteiger partial charge in [0.25, 0.3) is 0 Å². The number of halogens is 2. The summed E-state index contributed by atoms with van der Waals surface area (Å²) in [5.74, 6) is -1.57. The number of carbonyl (C=O) groups excluding carboxylic acids is 2. The van der Waals surface area contributed by atoms with Gasteiger partial charge in [0.15, 0.2) is 0 Å². The van der Waals surface area contributed by atoms with E-state index in [-0.39, 0.29) is 54.2 Å². The number of allylic oxidation sites excluding steroid dienone is 3. The number of hydrogen-bond donors (Lipinski definition) is 5. The average Bonchev–Trinajstić information content (AvgIpc) is 2.79. The molecule has 2 amide bonds. The lowest BCUT2D eigenvalue weighted by molar-refractivity contribution is -0.130. The van der Waals surface area contributed by atoms with Crippen molar-refractivity contribution < 1.29 is 23.5 Å². The summed E-state index contributed by atoms with van der Waals surface area (Å²) < 4.78 is 27.2. The highest BCUT2D eigenvalue weighted by atomic mass is 19.1. The van der Waals surface area contributed by atoms with Gasteiger partial charge in [0, 0.05) is 44.4 Å². The van der Waals surface area contributed by atoms with E-state index >= 15 is 0 Å². The smallest absolute Gasteiger partial charge is 0.250 e. The number of nitrogens with one attached hydrogen (secondary N) is 2. The highest BCUT2D eigenvalue weighted by Gasteiger charge is 2.26. The molecule has 3 atom stereocenters. The summed E-state index contributed by atoms with van der Waals surface area (Å²) in [6.07, 6.45) is 0.946. The minimum atomic E-state index is -1.33. The molecule has 194 valence electrons. The highest BCUT2D eigenvalue weighted by Crippen LogP contribution is 2.28. The molecule has 0 radical (unpaired) electrons. The first-order valence-electron chi connectivity index (χ1n) is 12.0. The van der Waals surface area contributed by atoms with Crippen molar-refractivity contribution in [3.63, 3.8) is 0 Å². The lowest BCUT2D eigenvalue weighted by Gasteiger charge is -2.27. The molecule has 1 aliphatic rings. The standard InChI is InChI=1S/C26H38F2N4O3/c1-26(2,16-32-25(35)24(34)22(30)12-17-6-4-3-5-7-17)10-11-31-23(33)15-20(29)14-18-13-19(27)8-9-21(18)28/h3-7,13,20,22,24,34H,8-12,14-16,29-30H2,1-2H3,(H,31,33)(H,32,35). The molecule has 0 aliphatic heterocycles. The molecule has 1 aromatic carbocycles. The Balaban J connectivity index is 1.69. The summed E-state index contributed by atoms with van der Waals surface area (Å²) in [7, 11) is 0. The van der Waals surface area contributed by atoms with E-state index in [2.05, 4.69) is 10.6 Å². The summed E-state index contributed by atoms with van der Waals surface area (Å²) in [5, 5.41) is 15.8. The first-order valence-corrected chi connectivity index (χ1v) is 12.0. The Morgan fingerprint density at radius 3 is 2.46 bits per heavy atom. The van der Waals surface area contributed by atoms with Crippen molar-refractivity contribution in [3.8, 4) is 0 Å². The van der Waals surface area contributed by atoms with Gasteiger partial charge in [-0.2, -0.15) is 0 Å². The minimum absolute atomic E-state index is 0.00506. The van der Waals surface area contributed by atoms with Crippen molar-refractivity contribution in [2.24, 2.45) is 16.9 Å². The SMILES string of the molecule is CC(C)(CCNC(=O)CC(N)CC1=C(F)CCC(F)=C1)CNC(=O)C(O)C(N)Cc1ccccc1. The summed E-state index contributed by atoms with van der Waals surface area (Å²) >= 11 is 0. The molecule has 1 aromatic rings. The Bertz CT molecular complexity index is 918. The zero-order valence-corrected chi connectivity index (χ0v) is 20.5. The normalized spacial score (nSPS) is 16.8. The van der Waals surface area contributed by atoms with Gasteiger partial charge in [-0.05, 0) is 41.9 Å². The fourth-order valence-corrected chi connectivity index (χ4v) is 3.82. The van der Waals surface area contributed by atoms with Crippen LogP contribution in [0.3, 0.4) is 0 Å². The van der Waals surface area contributed by atoms with Crippen molar-refractivity contribution in [2.75, 3.05) is 13.1 Å². The van der Waals surface area contributed by atoms with Gasteiger partial charge in [-0.1, -0.05) is 44.2 Å². The van der Waals surface area contributed by atoms with E-state index in [4.69, 9.17) is 11.5 Å². The van der Waals surface area contributed by atoms with E-state index in [1.54, 1.807) is 0 Å². The Morgan fingerprint density at radius 1 is 1.09 bits per heavy atom. The van der Waals surface area contributed by atoms with Crippen molar-refractivity contribution in [3.05, 3.63) is 59.2 Å². The van der Waals surface area contributed by atoms with E-state index in [0.717, 1.165) is 5.56 Å². The fourth-order valence-electron chi connectivity index (χ4n) is 3.82. The Hall–Kier alpha value is -2.62. The van der Waals surface area contributed by atoms with Crippen molar-refractivity contribution in [2.45, 2.75) is 70.6 Å². The summed E-state index contributed by atoms with van der Waals surface area (Å²) in [5.41, 5.74) is 12.8. The summed E-state index contributed by atoms with van der Waals surface area (Å²) in [4.78, 5) is 24.5. The van der Waals surface area contributed by atoms with Gasteiger partial charge in [0.1, 0.15) is 17.8 Å². The van der Waals surface area contributed by atoms with E-state index in [1.165, 1.54) is 6.08 Å². The maximum Gasteiger partial charge on any atom is 0.250 e. The maximum absolute atomic E-state index is 13.8. The molecule has 0 aromatic heterocycles. The van der Waals surface area contributed by atoms with Gasteiger partial charge in [-0.15, -0.1) is 0 Å². The van der Waals surface area contributed by atoms with Crippen molar-refractivity contribution >= 4 is 11.8 Å². The van der Waals surface area contributed by atoms with Crippen LogP contribution in [0.5, 0.6) is 0 Å². The molecule has 0 saturated carbocycles. The van der Waals surface area contributed by atoms with Crippen LogP contribution in [0.15, 0.2) is 53.6 Å². The van der Waals surface area contributed by atoms with Gasteiger partial charge in [-0.3, -0.25) is 9.59 Å². The second kappa shape index (κ2) is 13.5. The van der Waals surface area contributed by atoms with E-state index < -0.39 is 24.1 Å². The second-order valence-corrected chi connectivity index (χ2v) is 9.97. The van der Waals surface area contributed by atoms with Crippen LogP contribution in [-0.4, -0.2) is 48.2 Å². The largest absolute Gasteiger partial charge is 0.382 e. The minimum Gasteiger partial charge on any atom is -0.382 e. The molecule has 3 unspecified atom stereocenters. The van der Waals surface area contributed by atoms with Crippen LogP contribution >= 0.6 is 0 Å². The zero-order chi connectivity index (χ0) is 26.0. The molecular weight excluding hydrogens is 454 g/mol. The van der Waals surface area contributed by atoms with E-state index in [0.29, 0.717) is 25.9 Å². The number of hydrogen-bond acceptors (Lipinski definition) is 5. The second-order valence-electron chi connectivity index (χ2n) is 9.97. The molecular formula is C26H38F2N4O3. The van der Waals surface area contributed by atoms with Gasteiger partial charge in [0.05, 0.1) is 0 Å². The predicted octanol–water partition coefficient (Wildman–Crippen LogP) is 2.54. The van der Waals surface area contributed by atoms with Crippen molar-refractivity contribution in [1.29, 1.82) is 0 Å². The summed E-state index contributed by atoms with van der Waals surface area (Å²) in [6, 6.07) is 8.05. The summed E-state index contributed by atoms with van der Waals surface area (Å²) in [6.45, 7) is 4.51. The van der Waals surface area contributed by atoms with E-state index in [1.807, 2.05) is 44.2 Å². The number of aliphatic hydroxyl groups is 1. The molecule has 0 saturated heterocycles. The van der Waals surface area contributed by atoms with Crippen LogP contribution in [0.25, 0.3) is 0 Å². The third kappa shape index (κ3) is 10.3. The molecule has 35 heavy (non-hydrogen) atoms. The van der Waals surface area contributed by atoms with Crippen LogP contribution in [-0.2, 0) is 16.0 Å². The lowest BCUT2D eigenvalue weighted by Crippen LogP contribution is -2.49. The molecule has 0 spiro atoms. The van der Waals surface area contributed by atoms with Crippen LogP contribution in [0, 0.1) is 5.41 Å². The van der Waals surface area contributed by atoms with Gasteiger partial charge in [0.2, 0.25) is 11.8 Å². The monoisotopic (exact) mass is 492 g/mol. The Morgan fingerprint density at radius 2 is 1.77 bits per heavy atom. The predicted molar refractivity (Wildman–Crippen MR) is 132 cm³/mol. The molecule has 1 aliphatic carbocycles. The van der Waals surface area contributed by atoms with Gasteiger partial charge < -0.3 is 27.2 Å². The third-order valence-electron chi connectivity index (χ3n) is 6.05. The fraction of sp³-hybridized carbons (Fsp3) is 0.538. The topological polar surface area (TPSA) is 130 Å². The number of rotatable bonds is 13. The number of amides is 2. The molecule has 0 heterocycles. The van der Waals surface area contributed by atoms with Crippen LogP contribution < -0.4 is 22.1 Å². The number of carbonyl (C=O) groups is 2. The average molecular weight is 493 g/mol. The van der Waals surface area contributed by atoms with Gasteiger partial charge >= 0.3 is 0 Å². The quantitative estimate of drug-likeness (QED) is 0.289. The maximum atomic E-state index is 13.8. The number of aliphatic hydroxyl groups excluding tert-OH is 1. The zero-order valence-electron chi connectivity index (χ0n) is 20.5. The highest BCUT2D eigenvalue weighted by molar-refractivity contribution is 5.81. The van der Waals surface area contributed by atoms with Crippen molar-refractivity contribution in [1.82, 2.24) is 10.6 Å². The molecule has 0 bridgehead atoms. The lowest BCUT2D eigenvalue weighted by atomic mass is 9.89. The van der Waals surface area contributed by atoms with Gasteiger partial charge in [-0.25, -0.2) is 8.78 Å². The first-order chi connectivity index (χ1) is 16.5.